The molecule has 0 aromatic heterocycles. The lowest BCUT2D eigenvalue weighted by atomic mass is 10.2. The maximum Gasteiger partial charge on any atom is 0.267 e. The Balaban J connectivity index is 2.61. The third-order valence-corrected chi connectivity index (χ3v) is 2.77. The van der Waals surface area contributed by atoms with Crippen molar-refractivity contribution < 1.29 is 19.0 Å². The van der Waals surface area contributed by atoms with E-state index < -0.39 is 12.2 Å². The van der Waals surface area contributed by atoms with Gasteiger partial charge in [-0.3, -0.25) is 4.79 Å². The molecule has 0 saturated heterocycles. The Morgan fingerprint density at radius 1 is 1.27 bits per heavy atom. The van der Waals surface area contributed by atoms with E-state index in [1.807, 2.05) is 6.07 Å². The third-order valence-electron chi connectivity index (χ3n) is 2.77. The summed E-state index contributed by atoms with van der Waals surface area (Å²) < 4.78 is 15.0. The van der Waals surface area contributed by atoms with Crippen LogP contribution >= 0.6 is 0 Å². The molecule has 0 unspecified atom stereocenters. The van der Waals surface area contributed by atoms with E-state index in [-0.39, 0.29) is 5.57 Å². The molecule has 22 heavy (non-hydrogen) atoms. The quantitative estimate of drug-likeness (QED) is 0.426. The van der Waals surface area contributed by atoms with Gasteiger partial charge in [0.15, 0.2) is 6.29 Å². The topological polar surface area (TPSA) is 92.6 Å². The third kappa shape index (κ3) is 5.44. The normalized spacial score (nSPS) is 11.0. The molecule has 0 fully saturated rings. The van der Waals surface area contributed by atoms with Crippen LogP contribution in [0.5, 0.6) is 5.75 Å². The number of benzene rings is 1. The number of hydrogen-bond acceptors (Lipinski definition) is 6. The molecule has 0 saturated carbocycles. The second kappa shape index (κ2) is 9.39. The Hall–Kier alpha value is -2.56. The molecule has 7 nitrogen and oxygen atoms in total. The predicted molar refractivity (Wildman–Crippen MR) is 81.1 cm³/mol. The van der Waals surface area contributed by atoms with Crippen molar-refractivity contribution in [3.05, 3.63) is 36.0 Å². The SMILES string of the molecule is COc1ccc(NC(=O)/C(C#N)=C\NCC(OC)OC)cc1. The molecule has 0 atom stereocenters. The average molecular weight is 305 g/mol. The number of hydrogen-bond donors (Lipinski definition) is 2. The van der Waals surface area contributed by atoms with Crippen molar-refractivity contribution in [2.24, 2.45) is 0 Å². The van der Waals surface area contributed by atoms with Crippen molar-refractivity contribution >= 4 is 11.6 Å². The van der Waals surface area contributed by atoms with E-state index in [1.165, 1.54) is 20.4 Å². The molecule has 0 aliphatic heterocycles. The van der Waals surface area contributed by atoms with Crippen LogP contribution in [0.3, 0.4) is 0 Å². The Labute approximate surface area is 129 Å². The van der Waals surface area contributed by atoms with Gasteiger partial charge in [-0.05, 0) is 24.3 Å². The number of nitriles is 1. The summed E-state index contributed by atoms with van der Waals surface area (Å²) in [6, 6.07) is 8.63. The molecule has 2 N–H and O–H groups in total. The zero-order chi connectivity index (χ0) is 16.4. The number of anilines is 1. The summed E-state index contributed by atoms with van der Waals surface area (Å²) >= 11 is 0. The van der Waals surface area contributed by atoms with Crippen LogP contribution in [0.25, 0.3) is 0 Å². The minimum atomic E-state index is -0.508. The molecule has 1 aromatic carbocycles. The zero-order valence-electron chi connectivity index (χ0n) is 12.8. The van der Waals surface area contributed by atoms with Crippen LogP contribution in [0.15, 0.2) is 36.0 Å². The molecule has 1 amide bonds. The average Bonchev–Trinajstić information content (AvgIpc) is 2.55. The van der Waals surface area contributed by atoms with Gasteiger partial charge in [0.2, 0.25) is 0 Å². The van der Waals surface area contributed by atoms with Crippen LogP contribution < -0.4 is 15.4 Å². The maximum absolute atomic E-state index is 12.0. The van der Waals surface area contributed by atoms with Crippen LogP contribution in [0.1, 0.15) is 0 Å². The predicted octanol–water partition coefficient (Wildman–Crippen LogP) is 1.25. The van der Waals surface area contributed by atoms with Gasteiger partial charge in [0.25, 0.3) is 5.91 Å². The summed E-state index contributed by atoms with van der Waals surface area (Å²) in [6.07, 6.45) is 0.866. The molecule has 0 heterocycles. The number of ether oxygens (including phenoxy) is 3. The first-order chi connectivity index (χ1) is 10.6. The van der Waals surface area contributed by atoms with Gasteiger partial charge >= 0.3 is 0 Å². The van der Waals surface area contributed by atoms with Crippen molar-refractivity contribution in [3.8, 4) is 11.8 Å². The fourth-order valence-electron chi connectivity index (χ4n) is 1.54. The lowest BCUT2D eigenvalue weighted by Crippen LogP contribution is -2.27. The first-order valence-corrected chi connectivity index (χ1v) is 6.49. The lowest BCUT2D eigenvalue weighted by Gasteiger charge is -2.13. The van der Waals surface area contributed by atoms with Gasteiger partial charge < -0.3 is 24.8 Å². The number of nitrogens with one attached hydrogen (secondary N) is 2. The van der Waals surface area contributed by atoms with Crippen molar-refractivity contribution in [2.45, 2.75) is 6.29 Å². The summed E-state index contributed by atoms with van der Waals surface area (Å²) in [5.74, 6) is 0.174. The number of methoxy groups -OCH3 is 3. The van der Waals surface area contributed by atoms with E-state index in [2.05, 4.69) is 10.6 Å². The van der Waals surface area contributed by atoms with E-state index in [1.54, 1.807) is 31.4 Å². The fraction of sp³-hybridized carbons (Fsp3) is 0.333. The summed E-state index contributed by atoms with van der Waals surface area (Å²) in [7, 11) is 4.56. The van der Waals surface area contributed by atoms with Crippen molar-refractivity contribution in [2.75, 3.05) is 33.2 Å². The second-order valence-corrected chi connectivity index (χ2v) is 4.16. The monoisotopic (exact) mass is 305 g/mol. The molecular formula is C15H19N3O4. The highest BCUT2D eigenvalue weighted by atomic mass is 16.7. The van der Waals surface area contributed by atoms with Gasteiger partial charge in [-0.1, -0.05) is 0 Å². The van der Waals surface area contributed by atoms with Gasteiger partial charge in [-0.15, -0.1) is 0 Å². The highest BCUT2D eigenvalue weighted by molar-refractivity contribution is 6.06. The van der Waals surface area contributed by atoms with Gasteiger partial charge in [0.05, 0.1) is 13.7 Å². The van der Waals surface area contributed by atoms with E-state index in [9.17, 15) is 4.79 Å². The first kappa shape index (κ1) is 17.5. The van der Waals surface area contributed by atoms with Crippen LogP contribution in [0.4, 0.5) is 5.69 Å². The van der Waals surface area contributed by atoms with Gasteiger partial charge in [0, 0.05) is 26.1 Å². The second-order valence-electron chi connectivity index (χ2n) is 4.16. The van der Waals surface area contributed by atoms with Crippen molar-refractivity contribution in [1.82, 2.24) is 5.32 Å². The van der Waals surface area contributed by atoms with Crippen molar-refractivity contribution in [1.29, 1.82) is 5.26 Å². The molecule has 0 aliphatic carbocycles. The molecule has 118 valence electrons. The van der Waals surface area contributed by atoms with Gasteiger partial charge in [0.1, 0.15) is 17.4 Å². The van der Waals surface area contributed by atoms with Crippen LogP contribution in [0.2, 0.25) is 0 Å². The van der Waals surface area contributed by atoms with Crippen LogP contribution in [-0.2, 0) is 14.3 Å². The zero-order valence-corrected chi connectivity index (χ0v) is 12.8. The first-order valence-electron chi connectivity index (χ1n) is 6.49. The maximum atomic E-state index is 12.0. The number of nitrogens with zero attached hydrogens (tertiary/aromatic N) is 1. The molecule has 0 aliphatic rings. The Bertz CT molecular complexity index is 545. The molecule has 0 radical (unpaired) electrons. The molecule has 1 rings (SSSR count). The summed E-state index contributed by atoms with van der Waals surface area (Å²) in [5.41, 5.74) is 0.514. The Morgan fingerprint density at radius 3 is 2.41 bits per heavy atom. The molecule has 7 heteroatoms. The summed E-state index contributed by atoms with van der Waals surface area (Å²) in [5, 5.41) is 14.5. The number of carbonyl (C=O) groups excluding carboxylic acids is 1. The highest BCUT2D eigenvalue weighted by Crippen LogP contribution is 2.15. The minimum absolute atomic E-state index is 0.0539. The largest absolute Gasteiger partial charge is 0.497 e. The summed E-state index contributed by atoms with van der Waals surface area (Å²) in [6.45, 7) is 0.313. The Morgan fingerprint density at radius 2 is 1.91 bits per heavy atom. The van der Waals surface area contributed by atoms with E-state index in [0.717, 1.165) is 0 Å². The van der Waals surface area contributed by atoms with E-state index in [0.29, 0.717) is 18.0 Å². The fourth-order valence-corrected chi connectivity index (χ4v) is 1.54. The molecular weight excluding hydrogens is 286 g/mol. The van der Waals surface area contributed by atoms with Gasteiger partial charge in [-0.25, -0.2) is 0 Å². The molecule has 1 aromatic rings. The van der Waals surface area contributed by atoms with Crippen molar-refractivity contribution in [3.63, 3.8) is 0 Å². The molecule has 0 bridgehead atoms. The Kier molecular flexibility index (Phi) is 7.47. The van der Waals surface area contributed by atoms with E-state index >= 15 is 0 Å². The number of amides is 1. The smallest absolute Gasteiger partial charge is 0.267 e. The van der Waals surface area contributed by atoms with Crippen LogP contribution in [-0.4, -0.2) is 40.1 Å². The number of carbonyl (C=O) groups is 1. The standard InChI is InChI=1S/C15H19N3O4/c1-20-13-6-4-12(5-7-13)18-15(19)11(8-16)9-17-10-14(21-2)22-3/h4-7,9,14,17H,10H2,1-3H3,(H,18,19)/b11-9-. The number of rotatable bonds is 8. The molecule has 0 spiro atoms. The minimum Gasteiger partial charge on any atom is -0.497 e. The summed E-state index contributed by atoms with van der Waals surface area (Å²) in [4.78, 5) is 12.0. The van der Waals surface area contributed by atoms with Crippen LogP contribution in [0, 0.1) is 11.3 Å². The highest BCUT2D eigenvalue weighted by Gasteiger charge is 2.10. The van der Waals surface area contributed by atoms with E-state index in [4.69, 9.17) is 19.5 Å². The van der Waals surface area contributed by atoms with Gasteiger partial charge in [-0.2, -0.15) is 5.26 Å². The lowest BCUT2D eigenvalue weighted by molar-refractivity contribution is -0.112.